The van der Waals surface area contributed by atoms with E-state index in [4.69, 9.17) is 0 Å². The average molecular weight is 397 g/mol. The van der Waals surface area contributed by atoms with Gasteiger partial charge in [-0.25, -0.2) is 4.98 Å². The predicted molar refractivity (Wildman–Crippen MR) is 108 cm³/mol. The lowest BCUT2D eigenvalue weighted by Gasteiger charge is -2.44. The molecule has 3 aromatic heterocycles. The smallest absolute Gasteiger partial charge is 0.229 e. The molecule has 2 aliphatic rings. The number of aryl methyl sites for hydroxylation is 1. The van der Waals surface area contributed by atoms with Gasteiger partial charge in [0, 0.05) is 35.2 Å². The van der Waals surface area contributed by atoms with Crippen molar-refractivity contribution in [1.82, 2.24) is 19.4 Å². The van der Waals surface area contributed by atoms with E-state index in [1.54, 1.807) is 17.5 Å². The lowest BCUT2D eigenvalue weighted by atomic mass is 9.85. The largest absolute Gasteiger partial charge is 0.388 e. The first-order chi connectivity index (χ1) is 13.5. The van der Waals surface area contributed by atoms with Crippen molar-refractivity contribution in [2.24, 2.45) is 0 Å². The molecule has 2 atom stereocenters. The van der Waals surface area contributed by atoms with Crippen molar-refractivity contribution in [3.05, 3.63) is 46.8 Å². The molecule has 5 rings (SSSR count). The minimum absolute atomic E-state index is 0.121. The van der Waals surface area contributed by atoms with Crippen molar-refractivity contribution in [3.8, 4) is 0 Å². The predicted octanol–water partition coefficient (Wildman–Crippen LogP) is 2.93. The Morgan fingerprint density at radius 1 is 1.32 bits per heavy atom. The first kappa shape index (κ1) is 17.8. The van der Waals surface area contributed by atoms with E-state index in [0.29, 0.717) is 25.8 Å². The van der Waals surface area contributed by atoms with Crippen LogP contribution in [0.4, 0.5) is 0 Å². The van der Waals surface area contributed by atoms with Gasteiger partial charge in [-0.1, -0.05) is 0 Å². The van der Waals surface area contributed by atoms with Crippen molar-refractivity contribution in [1.29, 1.82) is 0 Å². The Morgan fingerprint density at radius 2 is 2.11 bits per heavy atom. The summed E-state index contributed by atoms with van der Waals surface area (Å²) in [5.74, 6) is 0.149. The van der Waals surface area contributed by atoms with Gasteiger partial charge in [-0.15, -0.1) is 11.3 Å². The number of pyridine rings is 1. The molecule has 5 heterocycles. The molecule has 1 amide bonds. The number of fused-ring (bicyclic) bond motifs is 3. The number of nitrogens with zero attached hydrogens (tertiary/aromatic N) is 4. The summed E-state index contributed by atoms with van der Waals surface area (Å²) >= 11 is 1.58. The van der Waals surface area contributed by atoms with Gasteiger partial charge in [-0.3, -0.25) is 9.78 Å². The van der Waals surface area contributed by atoms with Crippen molar-refractivity contribution in [2.75, 3.05) is 0 Å². The van der Waals surface area contributed by atoms with Gasteiger partial charge < -0.3 is 14.6 Å². The van der Waals surface area contributed by atoms with Crippen LogP contribution in [-0.2, 0) is 17.8 Å². The highest BCUT2D eigenvalue weighted by molar-refractivity contribution is 7.09. The summed E-state index contributed by atoms with van der Waals surface area (Å²) in [4.78, 5) is 23.6. The van der Waals surface area contributed by atoms with Crippen LogP contribution in [-0.4, -0.2) is 48.1 Å². The second-order valence-corrected chi connectivity index (χ2v) is 9.29. The normalized spacial score (nSPS) is 26.9. The fourth-order valence-electron chi connectivity index (χ4n) is 5.08. The standard InChI is InChI=1S/C21H24N4O2S/c1-14-23-16(12-28-14)8-20(26)25-17-2-3-18(25)10-21(27,9-17)13-24-7-5-15-4-6-22-11-19(15)24/h4-7,11-12,17-18,27H,2-3,8-10,13H2,1H3/t17-,18-/m1/s1. The van der Waals surface area contributed by atoms with Crippen LogP contribution in [0.3, 0.4) is 0 Å². The van der Waals surface area contributed by atoms with E-state index < -0.39 is 5.60 Å². The molecule has 28 heavy (non-hydrogen) atoms. The Balaban J connectivity index is 1.32. The van der Waals surface area contributed by atoms with E-state index in [9.17, 15) is 9.90 Å². The Bertz CT molecular complexity index is 1010. The maximum atomic E-state index is 12.9. The number of aliphatic hydroxyl groups is 1. The molecule has 2 saturated heterocycles. The molecule has 6 nitrogen and oxygen atoms in total. The molecule has 0 saturated carbocycles. The summed E-state index contributed by atoms with van der Waals surface area (Å²) < 4.78 is 2.09. The molecule has 0 aliphatic carbocycles. The third-order valence-corrected chi connectivity index (χ3v) is 7.00. The zero-order chi connectivity index (χ0) is 19.3. The van der Waals surface area contributed by atoms with Crippen molar-refractivity contribution in [2.45, 2.75) is 63.3 Å². The highest BCUT2D eigenvalue weighted by Crippen LogP contribution is 2.42. The zero-order valence-corrected chi connectivity index (χ0v) is 16.7. The SMILES string of the molecule is Cc1nc(CC(=O)N2[C@@H]3CC[C@@H]2CC(O)(Cn2ccc4ccncc42)C3)cs1. The van der Waals surface area contributed by atoms with Gasteiger partial charge in [0.2, 0.25) is 5.91 Å². The molecule has 3 aromatic rings. The van der Waals surface area contributed by atoms with Gasteiger partial charge in [0.1, 0.15) is 0 Å². The summed E-state index contributed by atoms with van der Waals surface area (Å²) in [6, 6.07) is 4.29. The number of hydrogen-bond donors (Lipinski definition) is 1. The van der Waals surface area contributed by atoms with Gasteiger partial charge in [0.05, 0.1) is 41.0 Å². The molecule has 1 N–H and O–H groups in total. The highest BCUT2D eigenvalue weighted by atomic mass is 32.1. The van der Waals surface area contributed by atoms with Crippen molar-refractivity contribution in [3.63, 3.8) is 0 Å². The molecule has 0 spiro atoms. The molecule has 7 heteroatoms. The third kappa shape index (κ3) is 3.12. The number of rotatable bonds is 4. The number of amides is 1. The Morgan fingerprint density at radius 3 is 2.82 bits per heavy atom. The van der Waals surface area contributed by atoms with Gasteiger partial charge in [-0.2, -0.15) is 0 Å². The molecule has 2 fully saturated rings. The number of carbonyl (C=O) groups is 1. The van der Waals surface area contributed by atoms with E-state index in [-0.39, 0.29) is 18.0 Å². The molecular weight excluding hydrogens is 372 g/mol. The molecule has 2 bridgehead atoms. The lowest BCUT2D eigenvalue weighted by Crippen LogP contribution is -2.55. The van der Waals surface area contributed by atoms with E-state index in [2.05, 4.69) is 20.6 Å². The van der Waals surface area contributed by atoms with Crippen LogP contribution in [0.15, 0.2) is 36.1 Å². The van der Waals surface area contributed by atoms with Crippen molar-refractivity contribution >= 4 is 28.1 Å². The third-order valence-electron chi connectivity index (χ3n) is 6.18. The second-order valence-electron chi connectivity index (χ2n) is 8.23. The van der Waals surface area contributed by atoms with Crippen LogP contribution in [0.2, 0.25) is 0 Å². The highest BCUT2D eigenvalue weighted by Gasteiger charge is 2.49. The topological polar surface area (TPSA) is 71.2 Å². The van der Waals surface area contributed by atoms with Crippen LogP contribution < -0.4 is 0 Å². The number of piperidine rings is 1. The molecule has 0 aromatic carbocycles. The quantitative estimate of drug-likeness (QED) is 0.736. The number of aromatic nitrogens is 3. The lowest BCUT2D eigenvalue weighted by molar-refractivity contribution is -0.141. The number of hydrogen-bond acceptors (Lipinski definition) is 5. The minimum atomic E-state index is -0.790. The Labute approximate surface area is 167 Å². The molecule has 0 unspecified atom stereocenters. The first-order valence-electron chi connectivity index (χ1n) is 9.84. The van der Waals surface area contributed by atoms with Crippen LogP contribution >= 0.6 is 11.3 Å². The summed E-state index contributed by atoms with van der Waals surface area (Å²) in [6.45, 7) is 2.51. The first-order valence-corrected chi connectivity index (χ1v) is 10.7. The maximum Gasteiger partial charge on any atom is 0.229 e. The average Bonchev–Trinajstić information content (AvgIpc) is 3.33. The van der Waals surface area contributed by atoms with Gasteiger partial charge in [-0.05, 0) is 44.7 Å². The number of thiazole rings is 1. The minimum Gasteiger partial charge on any atom is -0.388 e. The fourth-order valence-corrected chi connectivity index (χ4v) is 5.69. The van der Waals surface area contributed by atoms with Crippen molar-refractivity contribution < 1.29 is 9.90 Å². The Hall–Kier alpha value is -2.25. The van der Waals surface area contributed by atoms with Crippen LogP contribution in [0.1, 0.15) is 36.4 Å². The molecule has 2 aliphatic heterocycles. The van der Waals surface area contributed by atoms with Crippen LogP contribution in [0.5, 0.6) is 0 Å². The van der Waals surface area contributed by atoms with Gasteiger partial charge in [0.25, 0.3) is 0 Å². The van der Waals surface area contributed by atoms with Gasteiger partial charge in [0.15, 0.2) is 0 Å². The molecular formula is C21H24N4O2S. The van der Waals surface area contributed by atoms with Gasteiger partial charge >= 0.3 is 0 Å². The molecule has 146 valence electrons. The molecule has 0 radical (unpaired) electrons. The van der Waals surface area contributed by atoms with E-state index in [0.717, 1.165) is 34.4 Å². The summed E-state index contributed by atoms with van der Waals surface area (Å²) in [7, 11) is 0. The van der Waals surface area contributed by atoms with Crippen LogP contribution in [0.25, 0.3) is 10.9 Å². The number of carbonyl (C=O) groups excluding carboxylic acids is 1. The maximum absolute atomic E-state index is 12.9. The van der Waals surface area contributed by atoms with Crippen LogP contribution in [0, 0.1) is 6.92 Å². The monoisotopic (exact) mass is 396 g/mol. The summed E-state index contributed by atoms with van der Waals surface area (Å²) in [6.07, 6.45) is 9.23. The van der Waals surface area contributed by atoms with E-state index in [1.165, 1.54) is 0 Å². The fraction of sp³-hybridized carbons (Fsp3) is 0.476. The van der Waals surface area contributed by atoms with E-state index >= 15 is 0 Å². The Kier molecular flexibility index (Phi) is 4.25. The second kappa shape index (κ2) is 6.67. The van der Waals surface area contributed by atoms with E-state index in [1.807, 2.05) is 35.7 Å². The summed E-state index contributed by atoms with van der Waals surface area (Å²) in [5, 5.41) is 15.5. The zero-order valence-electron chi connectivity index (χ0n) is 15.9. The summed E-state index contributed by atoms with van der Waals surface area (Å²) in [5.41, 5.74) is 1.11.